The van der Waals surface area contributed by atoms with Gasteiger partial charge in [-0.25, -0.2) is 0 Å². The first kappa shape index (κ1) is 24.1. The molecule has 168 valence electrons. The van der Waals surface area contributed by atoms with Gasteiger partial charge in [0, 0.05) is 44.5 Å². The summed E-state index contributed by atoms with van der Waals surface area (Å²) in [6.07, 6.45) is 1.63. The first-order chi connectivity index (χ1) is 14.6. The molecule has 0 amide bonds. The van der Waals surface area contributed by atoms with Crippen molar-refractivity contribution in [3.8, 4) is 0 Å². The zero-order valence-corrected chi connectivity index (χ0v) is 19.0. The number of ether oxygens (including phenoxy) is 2. The van der Waals surface area contributed by atoms with Crippen molar-refractivity contribution in [2.24, 2.45) is 0 Å². The van der Waals surface area contributed by atoms with Crippen LogP contribution in [-0.2, 0) is 38.3 Å². The van der Waals surface area contributed by atoms with Gasteiger partial charge < -0.3 is 19.4 Å². The van der Waals surface area contributed by atoms with Crippen molar-refractivity contribution in [1.82, 2.24) is 9.97 Å². The lowest BCUT2D eigenvalue weighted by molar-refractivity contribution is -0.141. The molecule has 2 heterocycles. The average molecular weight is 431 g/mol. The first-order valence-corrected chi connectivity index (χ1v) is 10.2. The Kier molecular flexibility index (Phi) is 7.96. The van der Waals surface area contributed by atoms with E-state index in [4.69, 9.17) is 9.47 Å². The van der Waals surface area contributed by atoms with E-state index in [2.05, 4.69) is 9.97 Å². The fraction of sp³-hybridized carbons (Fsp3) is 0.478. The molecule has 0 bridgehead atoms. The predicted molar refractivity (Wildman–Crippen MR) is 115 cm³/mol. The quantitative estimate of drug-likeness (QED) is 0.441. The molecule has 8 nitrogen and oxygen atoms in total. The molecule has 8 heteroatoms. The van der Waals surface area contributed by atoms with Crippen molar-refractivity contribution in [3.05, 3.63) is 45.0 Å². The molecule has 31 heavy (non-hydrogen) atoms. The van der Waals surface area contributed by atoms with Crippen LogP contribution in [0.25, 0.3) is 0 Å². The monoisotopic (exact) mass is 430 g/mol. The van der Waals surface area contributed by atoms with Gasteiger partial charge in [0.05, 0.1) is 25.6 Å². The highest BCUT2D eigenvalue weighted by Crippen LogP contribution is 2.27. The van der Waals surface area contributed by atoms with Crippen LogP contribution < -0.4 is 0 Å². The molecule has 0 fully saturated rings. The number of methoxy groups -OCH3 is 2. The van der Waals surface area contributed by atoms with Crippen LogP contribution in [0, 0.1) is 13.8 Å². The fourth-order valence-electron chi connectivity index (χ4n) is 3.91. The summed E-state index contributed by atoms with van der Waals surface area (Å²) in [6.45, 7) is 6.67. The van der Waals surface area contributed by atoms with Gasteiger partial charge in [-0.3, -0.25) is 19.2 Å². The number of carbonyl (C=O) groups excluding carboxylic acids is 4. The number of aromatic amines is 2. The Labute approximate surface area is 181 Å². The molecule has 2 rings (SSSR count). The number of ketones is 2. The molecule has 0 aliphatic heterocycles. The highest BCUT2D eigenvalue weighted by molar-refractivity contribution is 5.95. The molecule has 0 saturated carbocycles. The zero-order valence-electron chi connectivity index (χ0n) is 19.0. The molecular weight excluding hydrogens is 400 g/mol. The number of H-pyrrole nitrogens is 2. The molecule has 0 aromatic carbocycles. The summed E-state index contributed by atoms with van der Waals surface area (Å²) in [6, 6.07) is 0. The minimum absolute atomic E-state index is 0.0962. The summed E-state index contributed by atoms with van der Waals surface area (Å²) in [4.78, 5) is 53.9. The van der Waals surface area contributed by atoms with Crippen LogP contribution in [0.1, 0.15) is 81.3 Å². The molecular formula is C23H30N2O6. The summed E-state index contributed by atoms with van der Waals surface area (Å²) in [5.41, 5.74) is 5.96. The fourth-order valence-corrected chi connectivity index (χ4v) is 3.91. The normalized spacial score (nSPS) is 10.8. The first-order valence-electron chi connectivity index (χ1n) is 10.2. The minimum Gasteiger partial charge on any atom is -0.469 e. The smallest absolute Gasteiger partial charge is 0.305 e. The lowest BCUT2D eigenvalue weighted by atomic mass is 9.98. The van der Waals surface area contributed by atoms with Crippen LogP contribution in [0.2, 0.25) is 0 Å². The van der Waals surface area contributed by atoms with E-state index in [0.717, 1.165) is 33.6 Å². The average Bonchev–Trinajstić information content (AvgIpc) is 3.21. The number of Topliss-reactive ketones (excluding diaryl/α,β-unsaturated/α-hetero) is 2. The van der Waals surface area contributed by atoms with Crippen LogP contribution in [0.3, 0.4) is 0 Å². The van der Waals surface area contributed by atoms with E-state index in [1.165, 1.54) is 28.1 Å². The molecule has 2 aromatic rings. The summed E-state index contributed by atoms with van der Waals surface area (Å²) in [7, 11) is 2.68. The van der Waals surface area contributed by atoms with Crippen molar-refractivity contribution < 1.29 is 28.7 Å². The molecule has 0 aliphatic carbocycles. The Morgan fingerprint density at radius 1 is 0.710 bits per heavy atom. The van der Waals surface area contributed by atoms with Gasteiger partial charge in [0.1, 0.15) is 0 Å². The van der Waals surface area contributed by atoms with E-state index < -0.39 is 0 Å². The van der Waals surface area contributed by atoms with Crippen LogP contribution >= 0.6 is 0 Å². The number of hydrogen-bond acceptors (Lipinski definition) is 6. The third-order valence-electron chi connectivity index (χ3n) is 5.61. The van der Waals surface area contributed by atoms with E-state index in [1.807, 2.05) is 13.8 Å². The lowest BCUT2D eigenvalue weighted by Gasteiger charge is -2.08. The van der Waals surface area contributed by atoms with Gasteiger partial charge in [0.25, 0.3) is 0 Å². The Morgan fingerprint density at radius 2 is 1.06 bits per heavy atom. The number of nitrogens with one attached hydrogen (secondary N) is 2. The van der Waals surface area contributed by atoms with E-state index >= 15 is 0 Å². The second-order valence-corrected chi connectivity index (χ2v) is 7.61. The molecule has 2 N–H and O–H groups in total. The third-order valence-corrected chi connectivity index (χ3v) is 5.61. The van der Waals surface area contributed by atoms with Gasteiger partial charge in [-0.05, 0) is 48.9 Å². The van der Waals surface area contributed by atoms with Crippen molar-refractivity contribution >= 4 is 23.5 Å². The van der Waals surface area contributed by atoms with Crippen LogP contribution in [0.15, 0.2) is 0 Å². The Bertz CT molecular complexity index is 932. The topological polar surface area (TPSA) is 118 Å². The van der Waals surface area contributed by atoms with Crippen molar-refractivity contribution in [3.63, 3.8) is 0 Å². The number of esters is 2. The molecule has 0 radical (unpaired) electrons. The maximum Gasteiger partial charge on any atom is 0.305 e. The van der Waals surface area contributed by atoms with Gasteiger partial charge in [0.15, 0.2) is 11.6 Å². The summed E-state index contributed by atoms with van der Waals surface area (Å²) >= 11 is 0. The number of hydrogen-bond donors (Lipinski definition) is 2. The van der Waals surface area contributed by atoms with E-state index in [-0.39, 0.29) is 36.3 Å². The predicted octanol–water partition coefficient (Wildman–Crippen LogP) is 3.17. The third kappa shape index (κ3) is 5.51. The van der Waals surface area contributed by atoms with Crippen molar-refractivity contribution in [2.45, 2.75) is 59.8 Å². The second kappa shape index (κ2) is 10.2. The van der Waals surface area contributed by atoms with E-state index in [9.17, 15) is 19.2 Å². The van der Waals surface area contributed by atoms with Crippen LogP contribution in [0.4, 0.5) is 0 Å². The number of carbonyl (C=O) groups is 4. The molecule has 0 saturated heterocycles. The van der Waals surface area contributed by atoms with Gasteiger partial charge >= 0.3 is 11.9 Å². The van der Waals surface area contributed by atoms with Crippen molar-refractivity contribution in [2.75, 3.05) is 14.2 Å². The molecule has 2 aromatic heterocycles. The standard InChI is InChI=1S/C23H30N2O6/c1-12-16(7-9-20(28)30-5)18(24-22(12)14(3)26)11-19-17(8-10-21(29)31-6)13(2)23(25-19)15(4)27/h24-25H,7-11H2,1-6H3. The molecule has 0 spiro atoms. The van der Waals surface area contributed by atoms with Crippen LogP contribution in [0.5, 0.6) is 0 Å². The zero-order chi connectivity index (χ0) is 23.3. The van der Waals surface area contributed by atoms with Gasteiger partial charge in [-0.15, -0.1) is 0 Å². The van der Waals surface area contributed by atoms with Gasteiger partial charge in [-0.1, -0.05) is 0 Å². The van der Waals surface area contributed by atoms with Gasteiger partial charge in [0.2, 0.25) is 0 Å². The molecule has 0 atom stereocenters. The summed E-state index contributed by atoms with van der Waals surface area (Å²) in [5, 5.41) is 0. The highest BCUT2D eigenvalue weighted by atomic mass is 16.5. The molecule has 0 aliphatic rings. The van der Waals surface area contributed by atoms with Crippen molar-refractivity contribution in [1.29, 1.82) is 0 Å². The SMILES string of the molecule is COC(=O)CCc1c(Cc2[nH]c(C(C)=O)c(C)c2CCC(=O)OC)[nH]c(C(C)=O)c1C. The Morgan fingerprint density at radius 3 is 1.35 bits per heavy atom. The minimum atomic E-state index is -0.329. The van der Waals surface area contributed by atoms with E-state index in [0.29, 0.717) is 30.7 Å². The maximum absolute atomic E-state index is 12.1. The largest absolute Gasteiger partial charge is 0.469 e. The number of aromatic nitrogens is 2. The summed E-state index contributed by atoms with van der Waals surface area (Å²) in [5.74, 6) is -0.851. The van der Waals surface area contributed by atoms with Gasteiger partial charge in [-0.2, -0.15) is 0 Å². The summed E-state index contributed by atoms with van der Waals surface area (Å²) < 4.78 is 9.50. The highest BCUT2D eigenvalue weighted by Gasteiger charge is 2.22. The number of rotatable bonds is 10. The second-order valence-electron chi connectivity index (χ2n) is 7.61. The van der Waals surface area contributed by atoms with E-state index in [1.54, 1.807) is 0 Å². The maximum atomic E-state index is 12.1. The van der Waals surface area contributed by atoms with Crippen LogP contribution in [-0.4, -0.2) is 47.7 Å². The molecule has 0 unspecified atom stereocenters. The Balaban J connectivity index is 2.48. The Hall–Kier alpha value is -3.16. The lowest BCUT2D eigenvalue weighted by Crippen LogP contribution is -2.06.